The maximum Gasteiger partial charge on any atom is 0.0980 e. The van der Waals surface area contributed by atoms with E-state index in [0.29, 0.717) is 18.0 Å². The summed E-state index contributed by atoms with van der Waals surface area (Å²) in [5, 5.41) is 3.70. The lowest BCUT2D eigenvalue weighted by molar-refractivity contribution is 0.0305. The lowest BCUT2D eigenvalue weighted by Gasteiger charge is -2.30. The molecule has 1 N–H and O–H groups in total. The molecule has 1 aromatic rings. The zero-order valence-corrected chi connectivity index (χ0v) is 11.0. The monoisotopic (exact) mass is 233 g/mol. The molecular formula is C15H23NO. The fourth-order valence-corrected chi connectivity index (χ4v) is 2.46. The smallest absolute Gasteiger partial charge is 0.0980 e. The second-order valence-electron chi connectivity index (χ2n) is 5.33. The maximum absolute atomic E-state index is 6.07. The third-order valence-electron chi connectivity index (χ3n) is 3.50. The van der Waals surface area contributed by atoms with Gasteiger partial charge in [0.1, 0.15) is 0 Å². The van der Waals surface area contributed by atoms with E-state index in [2.05, 4.69) is 56.4 Å². The summed E-state index contributed by atoms with van der Waals surface area (Å²) >= 11 is 0. The van der Waals surface area contributed by atoms with Gasteiger partial charge in [-0.2, -0.15) is 0 Å². The van der Waals surface area contributed by atoms with Gasteiger partial charge in [0.15, 0.2) is 0 Å². The molecule has 1 aliphatic heterocycles. The third kappa shape index (κ3) is 3.08. The van der Waals surface area contributed by atoms with E-state index in [0.717, 1.165) is 13.0 Å². The van der Waals surface area contributed by atoms with E-state index in [1.807, 2.05) is 0 Å². The molecule has 2 nitrogen and oxygen atoms in total. The predicted octanol–water partition coefficient (Wildman–Crippen LogP) is 3.15. The molecule has 94 valence electrons. The Morgan fingerprint density at radius 2 is 1.94 bits per heavy atom. The minimum absolute atomic E-state index is 0.182. The van der Waals surface area contributed by atoms with Crippen molar-refractivity contribution in [1.29, 1.82) is 0 Å². The zero-order valence-electron chi connectivity index (χ0n) is 11.0. The first-order valence-electron chi connectivity index (χ1n) is 6.61. The molecule has 1 saturated heterocycles. The molecule has 3 atom stereocenters. The van der Waals surface area contributed by atoms with Gasteiger partial charge in [-0.3, -0.25) is 0 Å². The molecule has 0 aromatic heterocycles. The van der Waals surface area contributed by atoms with E-state index in [1.165, 1.54) is 5.56 Å². The van der Waals surface area contributed by atoms with Crippen molar-refractivity contribution in [3.05, 3.63) is 35.9 Å². The van der Waals surface area contributed by atoms with Crippen molar-refractivity contribution < 1.29 is 4.74 Å². The molecular weight excluding hydrogens is 210 g/mol. The van der Waals surface area contributed by atoms with Crippen LogP contribution >= 0.6 is 0 Å². The van der Waals surface area contributed by atoms with E-state index in [9.17, 15) is 0 Å². The summed E-state index contributed by atoms with van der Waals surface area (Å²) < 4.78 is 6.07. The molecule has 0 amide bonds. The average Bonchev–Trinajstić information content (AvgIpc) is 2.52. The summed E-state index contributed by atoms with van der Waals surface area (Å²) in [6.07, 6.45) is 1.27. The van der Waals surface area contributed by atoms with Gasteiger partial charge < -0.3 is 10.1 Å². The highest BCUT2D eigenvalue weighted by Crippen LogP contribution is 2.28. The molecule has 1 fully saturated rings. The molecule has 0 spiro atoms. The van der Waals surface area contributed by atoms with Gasteiger partial charge in [-0.25, -0.2) is 0 Å². The standard InChI is InChI=1S/C15H23NO/c1-11(2)14-15(13-7-5-4-6-8-13)17-10-9-12(3)16-14/h4-8,11-12,14-16H,9-10H2,1-3H3. The Hall–Kier alpha value is -0.860. The van der Waals surface area contributed by atoms with Crippen molar-refractivity contribution in [2.45, 2.75) is 45.4 Å². The highest BCUT2D eigenvalue weighted by molar-refractivity contribution is 5.19. The first-order valence-corrected chi connectivity index (χ1v) is 6.61. The fourth-order valence-electron chi connectivity index (χ4n) is 2.46. The molecule has 1 aliphatic rings. The van der Waals surface area contributed by atoms with Crippen LogP contribution in [0.3, 0.4) is 0 Å². The topological polar surface area (TPSA) is 21.3 Å². The fraction of sp³-hybridized carbons (Fsp3) is 0.600. The van der Waals surface area contributed by atoms with Crippen molar-refractivity contribution in [3.8, 4) is 0 Å². The molecule has 0 radical (unpaired) electrons. The summed E-state index contributed by atoms with van der Waals surface area (Å²) in [6, 6.07) is 11.5. The van der Waals surface area contributed by atoms with Gasteiger partial charge in [-0.15, -0.1) is 0 Å². The summed E-state index contributed by atoms with van der Waals surface area (Å²) in [7, 11) is 0. The molecule has 0 saturated carbocycles. The Kier molecular flexibility index (Phi) is 4.19. The van der Waals surface area contributed by atoms with Crippen LogP contribution in [0.4, 0.5) is 0 Å². The van der Waals surface area contributed by atoms with Crippen LogP contribution in [-0.2, 0) is 4.74 Å². The van der Waals surface area contributed by atoms with Gasteiger partial charge in [0.2, 0.25) is 0 Å². The van der Waals surface area contributed by atoms with Gasteiger partial charge in [0.05, 0.1) is 6.10 Å². The molecule has 17 heavy (non-hydrogen) atoms. The number of ether oxygens (including phenoxy) is 1. The number of hydrogen-bond donors (Lipinski definition) is 1. The van der Waals surface area contributed by atoms with Crippen molar-refractivity contribution in [2.24, 2.45) is 5.92 Å². The molecule has 3 unspecified atom stereocenters. The van der Waals surface area contributed by atoms with Gasteiger partial charge in [-0.05, 0) is 24.8 Å². The summed E-state index contributed by atoms with van der Waals surface area (Å²) in [5.74, 6) is 0.570. The number of nitrogens with one attached hydrogen (secondary N) is 1. The number of hydrogen-bond acceptors (Lipinski definition) is 2. The van der Waals surface area contributed by atoms with E-state index in [-0.39, 0.29) is 6.10 Å². The van der Waals surface area contributed by atoms with Gasteiger partial charge >= 0.3 is 0 Å². The summed E-state index contributed by atoms with van der Waals surface area (Å²) in [6.45, 7) is 7.60. The Morgan fingerprint density at radius 1 is 1.24 bits per heavy atom. The molecule has 1 aromatic carbocycles. The Labute approximate surface area is 104 Å². The highest BCUT2D eigenvalue weighted by atomic mass is 16.5. The minimum atomic E-state index is 0.182. The first kappa shape index (κ1) is 12.6. The lowest BCUT2D eigenvalue weighted by Crippen LogP contribution is -2.42. The average molecular weight is 233 g/mol. The van der Waals surface area contributed by atoms with Crippen molar-refractivity contribution in [3.63, 3.8) is 0 Å². The van der Waals surface area contributed by atoms with Crippen LogP contribution in [0.5, 0.6) is 0 Å². The highest BCUT2D eigenvalue weighted by Gasteiger charge is 2.30. The van der Waals surface area contributed by atoms with Crippen LogP contribution in [0.25, 0.3) is 0 Å². The third-order valence-corrected chi connectivity index (χ3v) is 3.50. The van der Waals surface area contributed by atoms with Gasteiger partial charge in [-0.1, -0.05) is 44.2 Å². The van der Waals surface area contributed by atoms with E-state index < -0.39 is 0 Å². The maximum atomic E-state index is 6.07. The molecule has 0 bridgehead atoms. The van der Waals surface area contributed by atoms with Crippen molar-refractivity contribution in [2.75, 3.05) is 6.61 Å². The molecule has 2 heteroatoms. The predicted molar refractivity (Wildman–Crippen MR) is 71.0 cm³/mol. The van der Waals surface area contributed by atoms with Crippen LogP contribution in [0.15, 0.2) is 30.3 Å². The number of rotatable bonds is 2. The van der Waals surface area contributed by atoms with Gasteiger partial charge in [0, 0.05) is 18.7 Å². The Bertz CT molecular complexity index is 336. The van der Waals surface area contributed by atoms with E-state index in [1.54, 1.807) is 0 Å². The van der Waals surface area contributed by atoms with Crippen LogP contribution in [0, 0.1) is 5.92 Å². The summed E-state index contributed by atoms with van der Waals surface area (Å²) in [5.41, 5.74) is 1.29. The largest absolute Gasteiger partial charge is 0.372 e. The minimum Gasteiger partial charge on any atom is -0.372 e. The Balaban J connectivity index is 2.22. The second kappa shape index (κ2) is 5.65. The van der Waals surface area contributed by atoms with E-state index in [4.69, 9.17) is 4.74 Å². The van der Waals surface area contributed by atoms with Crippen molar-refractivity contribution in [1.82, 2.24) is 5.32 Å². The van der Waals surface area contributed by atoms with E-state index >= 15 is 0 Å². The summed E-state index contributed by atoms with van der Waals surface area (Å²) in [4.78, 5) is 0. The van der Waals surface area contributed by atoms with Crippen LogP contribution < -0.4 is 5.32 Å². The molecule has 0 aliphatic carbocycles. The normalized spacial score (nSPS) is 30.2. The zero-order chi connectivity index (χ0) is 12.3. The SMILES string of the molecule is CC1CCOC(c2ccccc2)C(C(C)C)N1. The van der Waals surface area contributed by atoms with Gasteiger partial charge in [0.25, 0.3) is 0 Å². The van der Waals surface area contributed by atoms with Crippen LogP contribution in [0.2, 0.25) is 0 Å². The number of benzene rings is 1. The molecule has 2 rings (SSSR count). The van der Waals surface area contributed by atoms with Crippen molar-refractivity contribution >= 4 is 0 Å². The molecule has 1 heterocycles. The van der Waals surface area contributed by atoms with Crippen LogP contribution in [-0.4, -0.2) is 18.7 Å². The second-order valence-corrected chi connectivity index (χ2v) is 5.33. The Morgan fingerprint density at radius 3 is 2.59 bits per heavy atom. The quantitative estimate of drug-likeness (QED) is 0.847. The first-order chi connectivity index (χ1) is 8.18. The lowest BCUT2D eigenvalue weighted by atomic mass is 9.93. The van der Waals surface area contributed by atoms with Crippen LogP contribution in [0.1, 0.15) is 38.9 Å².